The summed E-state index contributed by atoms with van der Waals surface area (Å²) >= 11 is 0. The van der Waals surface area contributed by atoms with E-state index in [1.54, 1.807) is 7.05 Å². The molecular weight excluding hydrogens is 746 g/mol. The number of hydrogen-bond acceptors (Lipinski definition) is 14. The number of benzene rings is 2. The van der Waals surface area contributed by atoms with Crippen molar-refractivity contribution in [3.05, 3.63) is 71.8 Å². The Morgan fingerprint density at radius 1 is 0.737 bits per heavy atom. The monoisotopic (exact) mass is 799 g/mol. The fourth-order valence-corrected chi connectivity index (χ4v) is 8.28. The Labute approximate surface area is 330 Å². The van der Waals surface area contributed by atoms with Gasteiger partial charge in [-0.15, -0.1) is 0 Å². The van der Waals surface area contributed by atoms with Gasteiger partial charge in [-0.3, -0.25) is 4.90 Å². The predicted octanol–water partition coefficient (Wildman–Crippen LogP) is 2.53. The fourth-order valence-electron chi connectivity index (χ4n) is 8.28. The number of carbonyl (C=O) groups is 3. The van der Waals surface area contributed by atoms with E-state index < -0.39 is 98.0 Å². The van der Waals surface area contributed by atoms with Crippen LogP contribution in [0.3, 0.4) is 0 Å². The Kier molecular flexibility index (Phi) is 13.2. The Balaban J connectivity index is 1.03. The van der Waals surface area contributed by atoms with E-state index in [4.69, 9.17) is 37.9 Å². The largest absolute Gasteiger partial charge is 0.445 e. The number of rotatable bonds is 11. The van der Waals surface area contributed by atoms with Crippen molar-refractivity contribution in [1.82, 2.24) is 15.5 Å². The highest BCUT2D eigenvalue weighted by molar-refractivity contribution is 5.71. The first kappa shape index (κ1) is 41.1. The molecule has 4 heterocycles. The minimum Gasteiger partial charge on any atom is -0.445 e. The van der Waals surface area contributed by atoms with E-state index in [0.717, 1.165) is 11.1 Å². The zero-order chi connectivity index (χ0) is 40.2. The third kappa shape index (κ3) is 9.63. The highest BCUT2D eigenvalue weighted by atomic mass is 16.8. The van der Waals surface area contributed by atoms with Crippen LogP contribution in [0.4, 0.5) is 14.4 Å². The van der Waals surface area contributed by atoms with Crippen LogP contribution in [0.1, 0.15) is 50.7 Å². The van der Waals surface area contributed by atoms with Gasteiger partial charge in [-0.25, -0.2) is 14.4 Å². The van der Waals surface area contributed by atoms with Gasteiger partial charge in [0, 0.05) is 19.4 Å². The van der Waals surface area contributed by atoms with Crippen molar-refractivity contribution >= 4 is 18.3 Å². The van der Waals surface area contributed by atoms with Crippen LogP contribution in [-0.4, -0.2) is 132 Å². The predicted molar refractivity (Wildman–Crippen MR) is 197 cm³/mol. The van der Waals surface area contributed by atoms with Gasteiger partial charge in [0.1, 0.15) is 31.5 Å². The van der Waals surface area contributed by atoms with Crippen molar-refractivity contribution in [3.63, 3.8) is 0 Å². The molecule has 0 spiro atoms. The lowest BCUT2D eigenvalue weighted by molar-refractivity contribution is -0.370. The van der Waals surface area contributed by atoms with Crippen LogP contribution in [0, 0.1) is 11.8 Å². The van der Waals surface area contributed by atoms with Crippen LogP contribution in [-0.2, 0) is 51.1 Å². The third-order valence-electron chi connectivity index (χ3n) is 11.5. The van der Waals surface area contributed by atoms with Gasteiger partial charge in [0.05, 0.1) is 43.1 Å². The second-order valence-electron chi connectivity index (χ2n) is 15.7. The third-order valence-corrected chi connectivity index (χ3v) is 11.5. The smallest absolute Gasteiger partial charge is 0.410 e. The summed E-state index contributed by atoms with van der Waals surface area (Å²) in [7, 11) is 1.56. The van der Waals surface area contributed by atoms with Gasteiger partial charge < -0.3 is 63.8 Å². The van der Waals surface area contributed by atoms with E-state index in [-0.39, 0.29) is 44.5 Å². The number of aliphatic hydroxyl groups is 3. The molecule has 5 aliphatic rings. The molecule has 1 saturated carbocycles. The molecule has 17 nitrogen and oxygen atoms in total. The molecule has 312 valence electrons. The summed E-state index contributed by atoms with van der Waals surface area (Å²) < 4.78 is 48.4. The number of nitrogens with zero attached hydrogens (tertiary/aromatic N) is 1. The summed E-state index contributed by atoms with van der Waals surface area (Å²) in [6, 6.07) is 16.1. The second kappa shape index (κ2) is 18.2. The molecule has 15 atom stereocenters. The topological polar surface area (TPSA) is 213 Å². The van der Waals surface area contributed by atoms with Crippen LogP contribution < -0.4 is 10.6 Å². The molecule has 57 heavy (non-hydrogen) atoms. The van der Waals surface area contributed by atoms with Crippen molar-refractivity contribution in [2.24, 2.45) is 11.8 Å². The number of fused-ring (bicyclic) bond motifs is 3. The lowest BCUT2D eigenvalue weighted by atomic mass is 9.85. The SMILES string of the molecule is CC1C[C@@H]2OC(O[C@H]3OC(CO)[C@@H](C)CC3O)C3C(OC(=O)N3C)C2O[C@@H]1O[C@H]1C[C@H](O)[C@H](NC(=O)OCc2ccccc2)CC1NC(=O)OCc1ccccc1. The van der Waals surface area contributed by atoms with Crippen molar-refractivity contribution in [3.8, 4) is 0 Å². The summed E-state index contributed by atoms with van der Waals surface area (Å²) in [5, 5.41) is 37.5. The zero-order valence-corrected chi connectivity index (χ0v) is 32.2. The molecule has 5 fully saturated rings. The molecule has 0 aromatic heterocycles. The number of likely N-dealkylation sites (N-methyl/N-ethyl adjacent to an activating group) is 1. The summed E-state index contributed by atoms with van der Waals surface area (Å²) in [4.78, 5) is 40.3. The van der Waals surface area contributed by atoms with Gasteiger partial charge in [0.2, 0.25) is 0 Å². The summed E-state index contributed by atoms with van der Waals surface area (Å²) in [5.74, 6) is -0.387. The summed E-state index contributed by atoms with van der Waals surface area (Å²) in [5.41, 5.74) is 1.60. The molecule has 0 bridgehead atoms. The number of nitrogens with one attached hydrogen (secondary N) is 2. The fraction of sp³-hybridized carbons (Fsp3) is 0.625. The Hall–Kier alpha value is -4.07. The highest BCUT2D eigenvalue weighted by Crippen LogP contribution is 2.42. The van der Waals surface area contributed by atoms with E-state index >= 15 is 0 Å². The zero-order valence-electron chi connectivity index (χ0n) is 32.2. The molecule has 2 aromatic carbocycles. The van der Waals surface area contributed by atoms with E-state index in [2.05, 4.69) is 10.6 Å². The van der Waals surface area contributed by atoms with Crippen LogP contribution in [0.15, 0.2) is 60.7 Å². The molecule has 5 N–H and O–H groups in total. The molecule has 2 aromatic rings. The molecule has 3 amide bonds. The normalized spacial score (nSPS) is 37.6. The van der Waals surface area contributed by atoms with Crippen LogP contribution in [0.2, 0.25) is 0 Å². The maximum atomic E-state index is 13.2. The Morgan fingerprint density at radius 2 is 1.37 bits per heavy atom. The maximum absolute atomic E-state index is 13.2. The first-order valence-electron chi connectivity index (χ1n) is 19.6. The first-order chi connectivity index (χ1) is 27.5. The lowest BCUT2D eigenvalue weighted by Crippen LogP contribution is -2.65. The molecule has 1 aliphatic carbocycles. The number of carbonyl (C=O) groups excluding carboxylic acids is 3. The number of hydrogen-bond donors (Lipinski definition) is 5. The second-order valence-corrected chi connectivity index (χ2v) is 15.7. The number of aliphatic hydroxyl groups excluding tert-OH is 3. The average Bonchev–Trinajstić information content (AvgIpc) is 3.50. The van der Waals surface area contributed by atoms with Gasteiger partial charge in [0.25, 0.3) is 0 Å². The van der Waals surface area contributed by atoms with Gasteiger partial charge in [-0.1, -0.05) is 74.5 Å². The van der Waals surface area contributed by atoms with E-state index in [1.807, 2.05) is 74.5 Å². The van der Waals surface area contributed by atoms with Crippen molar-refractivity contribution < 1.29 is 67.6 Å². The molecule has 7 rings (SSSR count). The lowest BCUT2D eigenvalue weighted by Gasteiger charge is -2.50. The quantitative estimate of drug-likeness (QED) is 0.207. The molecule has 4 saturated heterocycles. The number of ether oxygens (including phenoxy) is 8. The van der Waals surface area contributed by atoms with E-state index in [9.17, 15) is 29.7 Å². The number of amides is 3. The molecule has 17 heteroatoms. The van der Waals surface area contributed by atoms with Gasteiger partial charge in [-0.05, 0) is 36.3 Å². The maximum Gasteiger partial charge on any atom is 0.410 e. The van der Waals surface area contributed by atoms with Crippen molar-refractivity contribution in [2.75, 3.05) is 13.7 Å². The van der Waals surface area contributed by atoms with Gasteiger partial charge in [0.15, 0.2) is 25.0 Å². The Bertz CT molecular complexity index is 1660. The van der Waals surface area contributed by atoms with Crippen LogP contribution >= 0.6 is 0 Å². The Morgan fingerprint density at radius 3 is 2.00 bits per heavy atom. The average molecular weight is 800 g/mol. The molecule has 0 radical (unpaired) electrons. The van der Waals surface area contributed by atoms with Gasteiger partial charge in [-0.2, -0.15) is 0 Å². The van der Waals surface area contributed by atoms with Crippen molar-refractivity contribution in [1.29, 1.82) is 0 Å². The van der Waals surface area contributed by atoms with E-state index in [0.29, 0.717) is 12.8 Å². The van der Waals surface area contributed by atoms with E-state index in [1.165, 1.54) is 4.90 Å². The van der Waals surface area contributed by atoms with Crippen LogP contribution in [0.25, 0.3) is 0 Å². The highest BCUT2D eigenvalue weighted by Gasteiger charge is 2.60. The first-order valence-corrected chi connectivity index (χ1v) is 19.6. The van der Waals surface area contributed by atoms with Crippen LogP contribution in [0.5, 0.6) is 0 Å². The molecule has 8 unspecified atom stereocenters. The molecular formula is C40H53N3O14. The number of alkyl carbamates (subject to hydrolysis) is 2. The summed E-state index contributed by atoms with van der Waals surface area (Å²) in [6.07, 6.45) is -9.83. The molecule has 4 aliphatic heterocycles. The standard InChI is InChI=1S/C40H53N3O14/c1-21-14-28(46)36(54-31(21)18-44)57-37-32-34(56-40(49)43(32)3)33-30(53-37)15-22(2)35(55-33)52-29-17-27(45)25(41-38(47)50-19-23-10-6-4-7-11-23)16-26(29)42-39(48)51-20-24-12-8-5-9-13-24/h4-13,21-22,25-37,44-46H,14-20H2,1-3H3,(H,41,47)(H,42,48)/t21-,22?,25+,26?,27-,28?,29-,30-,31?,32?,33?,34?,35-,36+,37?/m0/s1. The van der Waals surface area contributed by atoms with Crippen molar-refractivity contribution in [2.45, 2.75) is 132 Å². The van der Waals surface area contributed by atoms with Gasteiger partial charge >= 0.3 is 18.3 Å². The summed E-state index contributed by atoms with van der Waals surface area (Å²) in [6.45, 7) is 3.60. The minimum absolute atomic E-state index is 0.0152. The minimum atomic E-state index is -1.10.